The number of anilines is 1. The molecule has 4 aromatic rings. The van der Waals surface area contributed by atoms with Crippen LogP contribution in [0.15, 0.2) is 72.8 Å². The molecule has 0 aliphatic carbocycles. The van der Waals surface area contributed by atoms with E-state index in [9.17, 15) is 4.79 Å². The molecule has 0 fully saturated rings. The lowest BCUT2D eigenvalue weighted by molar-refractivity contribution is -0.120. The van der Waals surface area contributed by atoms with E-state index in [2.05, 4.69) is 34.6 Å². The summed E-state index contributed by atoms with van der Waals surface area (Å²) in [6.07, 6.45) is 0.280. The lowest BCUT2D eigenvalue weighted by Crippen LogP contribution is -2.24. The average Bonchev–Trinajstić information content (AvgIpc) is 3.08. The number of nitrogens with zero attached hydrogens (tertiary/aromatic N) is 1. The number of nitrogen functional groups attached to an aromatic ring is 1. The van der Waals surface area contributed by atoms with Gasteiger partial charge >= 0.3 is 0 Å². The minimum atomic E-state index is -0.0419. The van der Waals surface area contributed by atoms with E-state index < -0.39 is 0 Å². The van der Waals surface area contributed by atoms with Crippen LogP contribution in [-0.2, 0) is 17.8 Å². The second-order valence-electron chi connectivity index (χ2n) is 6.35. The van der Waals surface area contributed by atoms with Gasteiger partial charge in [-0.05, 0) is 41.0 Å². The molecule has 1 aromatic heterocycles. The van der Waals surface area contributed by atoms with Crippen LogP contribution in [0.25, 0.3) is 21.3 Å². The Bertz CT molecular complexity index is 1090. The molecule has 0 saturated carbocycles. The molecule has 0 bridgehead atoms. The molecular formula is C22H19N3OS. The van der Waals surface area contributed by atoms with Gasteiger partial charge in [0.25, 0.3) is 0 Å². The summed E-state index contributed by atoms with van der Waals surface area (Å²) in [5.74, 6) is -0.0419. The fourth-order valence-electron chi connectivity index (χ4n) is 2.96. The lowest BCUT2D eigenvalue weighted by atomic mass is 10.1. The number of thiazole rings is 1. The largest absolute Gasteiger partial charge is 0.399 e. The van der Waals surface area contributed by atoms with Crippen molar-refractivity contribution in [3.63, 3.8) is 0 Å². The summed E-state index contributed by atoms with van der Waals surface area (Å²) in [7, 11) is 0. The van der Waals surface area contributed by atoms with Crippen molar-refractivity contribution in [2.75, 3.05) is 5.73 Å². The molecule has 0 atom stereocenters. The lowest BCUT2D eigenvalue weighted by Gasteiger charge is -2.04. The number of carbonyl (C=O) groups is 1. The van der Waals surface area contributed by atoms with Crippen molar-refractivity contribution >= 4 is 33.1 Å². The normalized spacial score (nSPS) is 10.8. The minimum Gasteiger partial charge on any atom is -0.399 e. The Morgan fingerprint density at radius 1 is 0.963 bits per heavy atom. The second-order valence-corrected chi connectivity index (χ2v) is 7.47. The van der Waals surface area contributed by atoms with E-state index in [0.29, 0.717) is 12.2 Å². The molecule has 1 heterocycles. The van der Waals surface area contributed by atoms with Crippen molar-refractivity contribution in [2.45, 2.75) is 13.0 Å². The Morgan fingerprint density at radius 2 is 1.81 bits per heavy atom. The highest BCUT2D eigenvalue weighted by Crippen LogP contribution is 2.28. The molecule has 0 saturated heterocycles. The van der Waals surface area contributed by atoms with Gasteiger partial charge in [0.2, 0.25) is 5.91 Å². The average molecular weight is 373 g/mol. The third kappa shape index (κ3) is 4.15. The molecule has 0 radical (unpaired) electrons. The molecule has 0 spiro atoms. The SMILES string of the molecule is Nc1cccc(CNC(=O)Cc2nc3ccc(-c4ccccc4)cc3s2)c1. The van der Waals surface area contributed by atoms with Crippen LogP contribution in [-0.4, -0.2) is 10.9 Å². The van der Waals surface area contributed by atoms with E-state index in [1.165, 1.54) is 5.56 Å². The third-order valence-corrected chi connectivity index (χ3v) is 5.31. The Morgan fingerprint density at radius 3 is 2.63 bits per heavy atom. The Hall–Kier alpha value is -3.18. The van der Waals surface area contributed by atoms with Crippen molar-refractivity contribution in [1.82, 2.24) is 10.3 Å². The predicted octanol–water partition coefficient (Wildman–Crippen LogP) is 4.40. The molecule has 27 heavy (non-hydrogen) atoms. The molecule has 0 unspecified atom stereocenters. The van der Waals surface area contributed by atoms with Gasteiger partial charge in [0, 0.05) is 12.2 Å². The molecule has 3 N–H and O–H groups in total. The summed E-state index contributed by atoms with van der Waals surface area (Å²) in [5, 5.41) is 3.75. The number of nitrogens with two attached hydrogens (primary N) is 1. The quantitative estimate of drug-likeness (QED) is 0.509. The fourth-order valence-corrected chi connectivity index (χ4v) is 3.97. The van der Waals surface area contributed by atoms with E-state index in [1.54, 1.807) is 11.3 Å². The van der Waals surface area contributed by atoms with Gasteiger partial charge in [0.1, 0.15) is 5.01 Å². The van der Waals surface area contributed by atoms with Crippen LogP contribution in [0.2, 0.25) is 0 Å². The van der Waals surface area contributed by atoms with Gasteiger partial charge in [-0.25, -0.2) is 4.98 Å². The van der Waals surface area contributed by atoms with Crippen molar-refractivity contribution in [3.05, 3.63) is 83.4 Å². The summed E-state index contributed by atoms with van der Waals surface area (Å²) in [5.41, 5.74) is 10.7. The summed E-state index contributed by atoms with van der Waals surface area (Å²) < 4.78 is 1.09. The van der Waals surface area contributed by atoms with E-state index in [4.69, 9.17) is 5.73 Å². The van der Waals surface area contributed by atoms with Crippen LogP contribution in [0.1, 0.15) is 10.6 Å². The van der Waals surface area contributed by atoms with Crippen molar-refractivity contribution < 1.29 is 4.79 Å². The van der Waals surface area contributed by atoms with Gasteiger partial charge in [-0.3, -0.25) is 4.79 Å². The van der Waals surface area contributed by atoms with Gasteiger partial charge in [-0.1, -0.05) is 48.5 Å². The topological polar surface area (TPSA) is 68.0 Å². The van der Waals surface area contributed by atoms with Crippen LogP contribution < -0.4 is 11.1 Å². The molecule has 0 aliphatic rings. The van der Waals surface area contributed by atoms with Gasteiger partial charge in [-0.15, -0.1) is 11.3 Å². The molecule has 0 aliphatic heterocycles. The van der Waals surface area contributed by atoms with E-state index in [-0.39, 0.29) is 12.3 Å². The van der Waals surface area contributed by atoms with E-state index in [0.717, 1.165) is 26.4 Å². The van der Waals surface area contributed by atoms with Crippen LogP contribution in [0.5, 0.6) is 0 Å². The van der Waals surface area contributed by atoms with Crippen LogP contribution in [0, 0.1) is 0 Å². The number of amides is 1. The standard InChI is InChI=1S/C22H19N3OS/c23-18-8-4-5-15(11-18)14-24-21(26)13-22-25-19-10-9-17(12-20(19)27-22)16-6-2-1-3-7-16/h1-12H,13-14,23H2,(H,24,26). The maximum absolute atomic E-state index is 12.3. The van der Waals surface area contributed by atoms with Crippen LogP contribution >= 0.6 is 11.3 Å². The molecule has 4 rings (SSSR count). The first kappa shape index (κ1) is 17.2. The van der Waals surface area contributed by atoms with Gasteiger partial charge < -0.3 is 11.1 Å². The van der Waals surface area contributed by atoms with Gasteiger partial charge in [-0.2, -0.15) is 0 Å². The zero-order chi connectivity index (χ0) is 18.6. The summed E-state index contributed by atoms with van der Waals surface area (Å²) in [4.78, 5) is 16.9. The molecule has 3 aromatic carbocycles. The first-order chi connectivity index (χ1) is 13.2. The maximum atomic E-state index is 12.3. The first-order valence-corrected chi connectivity index (χ1v) is 9.55. The fraction of sp³-hybridized carbons (Fsp3) is 0.0909. The molecular weight excluding hydrogens is 354 g/mol. The molecule has 4 nitrogen and oxygen atoms in total. The Labute approximate surface area is 161 Å². The zero-order valence-electron chi connectivity index (χ0n) is 14.7. The highest BCUT2D eigenvalue weighted by atomic mass is 32.1. The minimum absolute atomic E-state index is 0.0419. The highest BCUT2D eigenvalue weighted by molar-refractivity contribution is 7.18. The number of aromatic nitrogens is 1. The second kappa shape index (κ2) is 7.60. The zero-order valence-corrected chi connectivity index (χ0v) is 15.5. The monoisotopic (exact) mass is 373 g/mol. The number of carbonyl (C=O) groups excluding carboxylic acids is 1. The van der Waals surface area contributed by atoms with E-state index >= 15 is 0 Å². The van der Waals surface area contributed by atoms with Gasteiger partial charge in [0.05, 0.1) is 16.6 Å². The van der Waals surface area contributed by atoms with Gasteiger partial charge in [0.15, 0.2) is 0 Å². The number of benzene rings is 3. The molecule has 5 heteroatoms. The van der Waals surface area contributed by atoms with E-state index in [1.807, 2.05) is 48.5 Å². The number of fused-ring (bicyclic) bond motifs is 1. The first-order valence-electron chi connectivity index (χ1n) is 8.73. The van der Waals surface area contributed by atoms with Crippen molar-refractivity contribution in [1.29, 1.82) is 0 Å². The molecule has 1 amide bonds. The number of hydrogen-bond acceptors (Lipinski definition) is 4. The molecule has 134 valence electrons. The van der Waals surface area contributed by atoms with Crippen LogP contribution in [0.4, 0.5) is 5.69 Å². The number of nitrogens with one attached hydrogen (secondary N) is 1. The summed E-state index contributed by atoms with van der Waals surface area (Å²) in [6.45, 7) is 0.465. The van der Waals surface area contributed by atoms with Crippen LogP contribution in [0.3, 0.4) is 0 Å². The number of hydrogen-bond donors (Lipinski definition) is 2. The van der Waals surface area contributed by atoms with Crippen molar-refractivity contribution in [3.8, 4) is 11.1 Å². The maximum Gasteiger partial charge on any atom is 0.227 e. The number of rotatable bonds is 5. The summed E-state index contributed by atoms with van der Waals surface area (Å²) in [6, 6.07) is 24.0. The Kier molecular flexibility index (Phi) is 4.85. The Balaban J connectivity index is 1.45. The highest BCUT2D eigenvalue weighted by Gasteiger charge is 2.10. The smallest absolute Gasteiger partial charge is 0.227 e. The van der Waals surface area contributed by atoms with Crippen molar-refractivity contribution in [2.24, 2.45) is 0 Å². The third-order valence-electron chi connectivity index (χ3n) is 4.29. The predicted molar refractivity (Wildman–Crippen MR) is 111 cm³/mol. The summed E-state index contributed by atoms with van der Waals surface area (Å²) >= 11 is 1.57.